The summed E-state index contributed by atoms with van der Waals surface area (Å²) in [4.78, 5) is 22.9. The Kier molecular flexibility index (Phi) is 4.10. The number of amides is 1. The standard InChI is InChI=1S/C18H18IN5O/c1-23-15(19)13(14-16(20)21-10-22-17(14)23)11-4-6-12(7-5-11)18(25)24-8-2-3-9-24/h4-7,10H,2-3,8-9H2,1H3,(H2,20,21,22). The van der Waals surface area contributed by atoms with Crippen LogP contribution in [0.4, 0.5) is 5.82 Å². The van der Waals surface area contributed by atoms with Crippen LogP contribution in [0.5, 0.6) is 0 Å². The van der Waals surface area contributed by atoms with Crippen molar-refractivity contribution in [2.24, 2.45) is 7.05 Å². The minimum Gasteiger partial charge on any atom is -0.383 e. The summed E-state index contributed by atoms with van der Waals surface area (Å²) in [5.74, 6) is 0.579. The Morgan fingerprint density at radius 2 is 1.84 bits per heavy atom. The zero-order valence-electron chi connectivity index (χ0n) is 13.9. The highest BCUT2D eigenvalue weighted by molar-refractivity contribution is 14.1. The molecule has 1 aliphatic rings. The summed E-state index contributed by atoms with van der Waals surface area (Å²) in [7, 11) is 1.96. The summed E-state index contributed by atoms with van der Waals surface area (Å²) < 4.78 is 3.05. The second kappa shape index (κ2) is 6.29. The van der Waals surface area contributed by atoms with E-state index in [1.54, 1.807) is 0 Å². The molecule has 0 spiro atoms. The number of aryl methyl sites for hydroxylation is 1. The first-order valence-electron chi connectivity index (χ1n) is 8.22. The molecule has 6 nitrogen and oxygen atoms in total. The predicted molar refractivity (Wildman–Crippen MR) is 106 cm³/mol. The molecule has 2 aromatic heterocycles. The smallest absolute Gasteiger partial charge is 0.253 e. The van der Waals surface area contributed by atoms with Crippen LogP contribution in [0.15, 0.2) is 30.6 Å². The molecule has 1 amide bonds. The molecule has 1 aliphatic heterocycles. The predicted octanol–water partition coefficient (Wildman–Crippen LogP) is 3.06. The summed E-state index contributed by atoms with van der Waals surface area (Å²) in [6.45, 7) is 1.71. The van der Waals surface area contributed by atoms with Gasteiger partial charge in [-0.1, -0.05) is 12.1 Å². The molecule has 4 rings (SSSR count). The first-order valence-corrected chi connectivity index (χ1v) is 9.30. The van der Waals surface area contributed by atoms with E-state index in [9.17, 15) is 4.79 Å². The number of hydrogen-bond acceptors (Lipinski definition) is 4. The molecule has 25 heavy (non-hydrogen) atoms. The zero-order valence-corrected chi connectivity index (χ0v) is 16.0. The van der Waals surface area contributed by atoms with E-state index in [-0.39, 0.29) is 5.91 Å². The molecule has 3 heterocycles. The number of nitrogens with zero attached hydrogens (tertiary/aromatic N) is 4. The molecular weight excluding hydrogens is 429 g/mol. The van der Waals surface area contributed by atoms with Crippen molar-refractivity contribution in [1.29, 1.82) is 0 Å². The third-order valence-corrected chi connectivity index (χ3v) is 6.00. The number of nitrogen functional groups attached to an aromatic ring is 1. The van der Waals surface area contributed by atoms with Gasteiger partial charge in [-0.05, 0) is 53.1 Å². The summed E-state index contributed by atoms with van der Waals surface area (Å²) >= 11 is 2.30. The maximum Gasteiger partial charge on any atom is 0.253 e. The molecule has 0 atom stereocenters. The monoisotopic (exact) mass is 447 g/mol. The van der Waals surface area contributed by atoms with Crippen LogP contribution in [0.1, 0.15) is 23.2 Å². The first-order chi connectivity index (χ1) is 12.1. The molecule has 1 fully saturated rings. The highest BCUT2D eigenvalue weighted by atomic mass is 127. The topological polar surface area (TPSA) is 77.0 Å². The van der Waals surface area contributed by atoms with Crippen molar-refractivity contribution in [2.45, 2.75) is 12.8 Å². The quantitative estimate of drug-likeness (QED) is 0.613. The lowest BCUT2D eigenvalue weighted by Crippen LogP contribution is -2.27. The van der Waals surface area contributed by atoms with Gasteiger partial charge in [0.1, 0.15) is 17.8 Å². The SMILES string of the molecule is Cn1c(I)c(-c2ccc(C(=O)N3CCCC3)cc2)c2c(N)ncnc21. The van der Waals surface area contributed by atoms with Gasteiger partial charge >= 0.3 is 0 Å². The Labute approximate surface area is 159 Å². The Morgan fingerprint density at radius 3 is 2.52 bits per heavy atom. The number of likely N-dealkylation sites (tertiary alicyclic amines) is 1. The molecule has 7 heteroatoms. The number of aromatic nitrogens is 3. The third-order valence-electron chi connectivity index (χ3n) is 4.74. The number of carbonyl (C=O) groups is 1. The minimum absolute atomic E-state index is 0.111. The molecule has 0 saturated carbocycles. The molecule has 0 unspecified atom stereocenters. The number of carbonyl (C=O) groups excluding carboxylic acids is 1. The van der Waals surface area contributed by atoms with Crippen molar-refractivity contribution >= 4 is 45.3 Å². The van der Waals surface area contributed by atoms with E-state index >= 15 is 0 Å². The van der Waals surface area contributed by atoms with Crippen LogP contribution in [0.3, 0.4) is 0 Å². The number of nitrogens with two attached hydrogens (primary N) is 1. The van der Waals surface area contributed by atoms with E-state index in [0.29, 0.717) is 5.82 Å². The molecular formula is C18H18IN5O. The first kappa shape index (κ1) is 16.3. The zero-order chi connectivity index (χ0) is 17.6. The molecule has 2 N–H and O–H groups in total. The van der Waals surface area contributed by atoms with Gasteiger partial charge in [0.2, 0.25) is 0 Å². The molecule has 0 aliphatic carbocycles. The van der Waals surface area contributed by atoms with Gasteiger partial charge in [0.05, 0.1) is 9.09 Å². The van der Waals surface area contributed by atoms with Gasteiger partial charge in [0.25, 0.3) is 5.91 Å². The third kappa shape index (κ3) is 2.66. The van der Waals surface area contributed by atoms with Crippen molar-refractivity contribution in [2.75, 3.05) is 18.8 Å². The largest absolute Gasteiger partial charge is 0.383 e. The van der Waals surface area contributed by atoms with Gasteiger partial charge in [-0.25, -0.2) is 9.97 Å². The Bertz CT molecular complexity index is 958. The van der Waals surface area contributed by atoms with E-state index < -0.39 is 0 Å². The van der Waals surface area contributed by atoms with Crippen LogP contribution in [0.2, 0.25) is 0 Å². The fourth-order valence-electron chi connectivity index (χ4n) is 3.39. The maximum atomic E-state index is 12.5. The van der Waals surface area contributed by atoms with Crippen molar-refractivity contribution in [1.82, 2.24) is 19.4 Å². The van der Waals surface area contributed by atoms with Gasteiger partial charge in [-0.3, -0.25) is 4.79 Å². The van der Waals surface area contributed by atoms with E-state index in [4.69, 9.17) is 5.73 Å². The molecule has 1 aromatic carbocycles. The number of anilines is 1. The molecule has 3 aromatic rings. The van der Waals surface area contributed by atoms with Crippen LogP contribution in [-0.2, 0) is 7.05 Å². The van der Waals surface area contributed by atoms with Crippen molar-refractivity contribution in [3.63, 3.8) is 0 Å². The van der Waals surface area contributed by atoms with Crippen molar-refractivity contribution in [3.05, 3.63) is 39.9 Å². The van der Waals surface area contributed by atoms with Gasteiger partial charge in [-0.15, -0.1) is 0 Å². The Morgan fingerprint density at radius 1 is 1.16 bits per heavy atom. The molecule has 1 saturated heterocycles. The fourth-order valence-corrected chi connectivity index (χ4v) is 4.20. The molecule has 0 bridgehead atoms. The van der Waals surface area contributed by atoms with Crippen LogP contribution in [-0.4, -0.2) is 38.4 Å². The van der Waals surface area contributed by atoms with E-state index in [1.807, 2.05) is 40.8 Å². The minimum atomic E-state index is 0.111. The van der Waals surface area contributed by atoms with Crippen LogP contribution < -0.4 is 5.73 Å². The highest BCUT2D eigenvalue weighted by Gasteiger charge is 2.21. The summed E-state index contributed by atoms with van der Waals surface area (Å²) in [6, 6.07) is 7.75. The number of benzene rings is 1. The van der Waals surface area contributed by atoms with E-state index in [2.05, 4.69) is 32.6 Å². The normalized spacial score (nSPS) is 14.4. The van der Waals surface area contributed by atoms with Crippen LogP contribution in [0.25, 0.3) is 22.2 Å². The van der Waals surface area contributed by atoms with Crippen molar-refractivity contribution in [3.8, 4) is 11.1 Å². The second-order valence-electron chi connectivity index (χ2n) is 6.26. The van der Waals surface area contributed by atoms with E-state index in [1.165, 1.54) is 6.33 Å². The number of hydrogen-bond donors (Lipinski definition) is 1. The lowest BCUT2D eigenvalue weighted by atomic mass is 10.0. The summed E-state index contributed by atoms with van der Waals surface area (Å²) in [5.41, 5.74) is 9.66. The molecule has 128 valence electrons. The number of fused-ring (bicyclic) bond motifs is 1. The van der Waals surface area contributed by atoms with Gasteiger partial charge < -0.3 is 15.2 Å². The van der Waals surface area contributed by atoms with Gasteiger partial charge in [0.15, 0.2) is 0 Å². The highest BCUT2D eigenvalue weighted by Crippen LogP contribution is 2.36. The Hall–Kier alpha value is -2.16. The molecule has 0 radical (unpaired) electrons. The van der Waals surface area contributed by atoms with E-state index in [0.717, 1.165) is 57.4 Å². The second-order valence-corrected chi connectivity index (χ2v) is 7.28. The van der Waals surface area contributed by atoms with Crippen LogP contribution >= 0.6 is 22.6 Å². The fraction of sp³-hybridized carbons (Fsp3) is 0.278. The van der Waals surface area contributed by atoms with Crippen molar-refractivity contribution < 1.29 is 4.79 Å². The van der Waals surface area contributed by atoms with Gasteiger partial charge in [0, 0.05) is 31.3 Å². The Balaban J connectivity index is 1.77. The van der Waals surface area contributed by atoms with Gasteiger partial charge in [-0.2, -0.15) is 0 Å². The lowest BCUT2D eigenvalue weighted by molar-refractivity contribution is 0.0793. The number of halogens is 1. The number of rotatable bonds is 2. The maximum absolute atomic E-state index is 12.5. The average molecular weight is 447 g/mol. The summed E-state index contributed by atoms with van der Waals surface area (Å²) in [6.07, 6.45) is 3.67. The average Bonchev–Trinajstić information content (AvgIpc) is 3.24. The lowest BCUT2D eigenvalue weighted by Gasteiger charge is -2.15. The van der Waals surface area contributed by atoms with Crippen LogP contribution in [0, 0.1) is 3.70 Å². The summed E-state index contributed by atoms with van der Waals surface area (Å²) in [5, 5.41) is 0.855.